The lowest BCUT2D eigenvalue weighted by Gasteiger charge is -2.40. The van der Waals surface area contributed by atoms with Crippen molar-refractivity contribution in [2.24, 2.45) is 0 Å². The van der Waals surface area contributed by atoms with Gasteiger partial charge in [0.2, 0.25) is 7.44 Å². The lowest BCUT2D eigenvalue weighted by molar-refractivity contribution is -0.142. The Morgan fingerprint density at radius 1 is 0.958 bits per heavy atom. The summed E-state index contributed by atoms with van der Waals surface area (Å²) in [4.78, 5) is 23.6. The molecule has 0 aliphatic rings. The molecule has 0 bridgehead atoms. The van der Waals surface area contributed by atoms with Crippen molar-refractivity contribution in [1.29, 1.82) is 0 Å². The predicted molar refractivity (Wildman–Crippen MR) is 95.1 cm³/mol. The lowest BCUT2D eigenvalue weighted by atomic mass is 10.00. The molecule has 0 aromatic carbocycles. The Balaban J connectivity index is 5.73. The van der Waals surface area contributed by atoms with Crippen LogP contribution in [0.4, 0.5) is 0 Å². The minimum absolute atomic E-state index is 0.502. The molecular formula is C16H33N2O5P. The van der Waals surface area contributed by atoms with Crippen molar-refractivity contribution in [3.8, 4) is 0 Å². The van der Waals surface area contributed by atoms with Crippen LogP contribution in [0.5, 0.6) is 0 Å². The van der Waals surface area contributed by atoms with E-state index in [1.165, 1.54) is 14.2 Å². The van der Waals surface area contributed by atoms with E-state index in [1.54, 1.807) is 13.8 Å². The van der Waals surface area contributed by atoms with Crippen LogP contribution in [0.25, 0.3) is 0 Å². The monoisotopic (exact) mass is 364 g/mol. The Labute approximate surface area is 145 Å². The van der Waals surface area contributed by atoms with Crippen molar-refractivity contribution in [3.05, 3.63) is 0 Å². The van der Waals surface area contributed by atoms with Crippen LogP contribution in [0.1, 0.15) is 60.3 Å². The average Bonchev–Trinajstić information content (AvgIpc) is 2.53. The molecule has 0 unspecified atom stereocenters. The molecule has 0 rings (SSSR count). The summed E-state index contributed by atoms with van der Waals surface area (Å²) in [6.45, 7) is 9.16. The standard InChI is InChI=1S/C16H33N2O5P/c1-8-10-16(5,11-9-2)24(21,17-12(3)14(19)22-6)18-13(4)15(20)23-7/h12-13H,8-11H2,1-7H3,(H2,17,18,21)/t12-,13-/m0/s1. The zero-order valence-electron chi connectivity index (χ0n) is 16.0. The summed E-state index contributed by atoms with van der Waals surface area (Å²) in [6.07, 6.45) is 3.06. The summed E-state index contributed by atoms with van der Waals surface area (Å²) >= 11 is 0. The van der Waals surface area contributed by atoms with Gasteiger partial charge in [-0.25, -0.2) is 10.2 Å². The highest BCUT2D eigenvalue weighted by molar-refractivity contribution is 7.61. The molecule has 24 heavy (non-hydrogen) atoms. The maximum Gasteiger partial charge on any atom is 0.322 e. The zero-order valence-corrected chi connectivity index (χ0v) is 16.9. The number of hydrogen-bond donors (Lipinski definition) is 2. The van der Waals surface area contributed by atoms with E-state index >= 15 is 0 Å². The fourth-order valence-electron chi connectivity index (χ4n) is 2.87. The third kappa shape index (κ3) is 5.87. The van der Waals surface area contributed by atoms with Crippen molar-refractivity contribution >= 4 is 19.4 Å². The maximum atomic E-state index is 13.8. The van der Waals surface area contributed by atoms with Gasteiger partial charge in [-0.3, -0.25) is 14.2 Å². The molecule has 142 valence electrons. The van der Waals surface area contributed by atoms with Crippen LogP contribution in [0.2, 0.25) is 0 Å². The van der Waals surface area contributed by atoms with E-state index in [0.29, 0.717) is 12.8 Å². The third-order valence-electron chi connectivity index (χ3n) is 4.20. The van der Waals surface area contributed by atoms with Gasteiger partial charge in [0, 0.05) is 5.16 Å². The minimum Gasteiger partial charge on any atom is -0.468 e. The third-order valence-corrected chi connectivity index (χ3v) is 7.67. The topological polar surface area (TPSA) is 93.7 Å². The van der Waals surface area contributed by atoms with Gasteiger partial charge in [0.05, 0.1) is 14.2 Å². The van der Waals surface area contributed by atoms with E-state index in [9.17, 15) is 14.2 Å². The van der Waals surface area contributed by atoms with E-state index in [4.69, 9.17) is 9.47 Å². The molecule has 7 nitrogen and oxygen atoms in total. The Bertz CT molecular complexity index is 435. The number of hydrogen-bond acceptors (Lipinski definition) is 5. The fourth-order valence-corrected chi connectivity index (χ4v) is 5.95. The van der Waals surface area contributed by atoms with Gasteiger partial charge >= 0.3 is 11.9 Å². The number of esters is 2. The minimum atomic E-state index is -3.32. The number of nitrogens with one attached hydrogen (secondary N) is 2. The first kappa shape index (κ1) is 23.1. The lowest BCUT2D eigenvalue weighted by Crippen LogP contribution is -2.48. The normalized spacial score (nSPS) is 14.8. The van der Waals surface area contributed by atoms with Gasteiger partial charge < -0.3 is 9.47 Å². The number of carbonyl (C=O) groups is 2. The molecule has 2 N–H and O–H groups in total. The second-order valence-corrected chi connectivity index (χ2v) is 9.17. The Morgan fingerprint density at radius 3 is 1.54 bits per heavy atom. The molecule has 0 spiro atoms. The van der Waals surface area contributed by atoms with Gasteiger partial charge in [0.25, 0.3) is 0 Å². The highest BCUT2D eigenvalue weighted by Crippen LogP contribution is 2.56. The first-order chi connectivity index (χ1) is 11.1. The van der Waals surface area contributed by atoms with Crippen molar-refractivity contribution in [2.75, 3.05) is 14.2 Å². The Kier molecular flexibility index (Phi) is 9.78. The zero-order chi connectivity index (χ0) is 19.0. The molecule has 0 amide bonds. The van der Waals surface area contributed by atoms with E-state index in [1.807, 2.05) is 20.8 Å². The van der Waals surface area contributed by atoms with E-state index in [-0.39, 0.29) is 0 Å². The number of rotatable bonds is 11. The highest BCUT2D eigenvalue weighted by Gasteiger charge is 2.46. The van der Waals surface area contributed by atoms with E-state index in [0.717, 1.165) is 12.8 Å². The number of methoxy groups -OCH3 is 2. The van der Waals surface area contributed by atoms with Crippen LogP contribution >= 0.6 is 7.44 Å². The Hall–Kier alpha value is -0.910. The average molecular weight is 364 g/mol. The summed E-state index contributed by atoms with van der Waals surface area (Å²) in [5.74, 6) is -1.00. The van der Waals surface area contributed by atoms with Crippen LogP contribution in [-0.2, 0) is 23.6 Å². The fraction of sp³-hybridized carbons (Fsp3) is 0.875. The van der Waals surface area contributed by atoms with Crippen LogP contribution < -0.4 is 10.2 Å². The van der Waals surface area contributed by atoms with Gasteiger partial charge in [0.15, 0.2) is 0 Å². The van der Waals surface area contributed by atoms with Crippen LogP contribution in [-0.4, -0.2) is 43.4 Å². The smallest absolute Gasteiger partial charge is 0.322 e. The van der Waals surface area contributed by atoms with E-state index < -0.39 is 36.6 Å². The molecule has 0 fully saturated rings. The van der Waals surface area contributed by atoms with Crippen LogP contribution in [0, 0.1) is 0 Å². The SMILES string of the molecule is CCCC(C)(CCC)P(=O)(N[C@@H](C)C(=O)OC)N[C@@H](C)C(=O)OC. The molecule has 0 saturated carbocycles. The first-order valence-electron chi connectivity index (χ1n) is 8.42. The largest absolute Gasteiger partial charge is 0.468 e. The molecule has 0 radical (unpaired) electrons. The van der Waals surface area contributed by atoms with Gasteiger partial charge in [-0.05, 0) is 26.7 Å². The summed E-state index contributed by atoms with van der Waals surface area (Å²) < 4.78 is 23.3. The second-order valence-electron chi connectivity index (χ2n) is 6.35. The number of carbonyl (C=O) groups excluding carboxylic acids is 2. The van der Waals surface area contributed by atoms with Gasteiger partial charge in [-0.1, -0.05) is 33.6 Å². The van der Waals surface area contributed by atoms with Crippen molar-refractivity contribution in [2.45, 2.75) is 77.5 Å². The second kappa shape index (κ2) is 10.2. The van der Waals surface area contributed by atoms with Gasteiger partial charge in [0.1, 0.15) is 12.1 Å². The molecule has 0 aromatic rings. The van der Waals surface area contributed by atoms with Gasteiger partial charge in [-0.2, -0.15) is 0 Å². The molecule has 0 saturated heterocycles. The van der Waals surface area contributed by atoms with Crippen molar-refractivity contribution in [3.63, 3.8) is 0 Å². The van der Waals surface area contributed by atoms with Crippen LogP contribution in [0.3, 0.4) is 0 Å². The molecule has 0 aliphatic carbocycles. The Morgan fingerprint density at radius 2 is 1.29 bits per heavy atom. The first-order valence-corrected chi connectivity index (χ1v) is 10.1. The quantitative estimate of drug-likeness (QED) is 0.430. The summed E-state index contributed by atoms with van der Waals surface area (Å²) in [7, 11) is -0.753. The van der Waals surface area contributed by atoms with Crippen molar-refractivity contribution < 1.29 is 23.6 Å². The maximum absolute atomic E-state index is 13.8. The van der Waals surface area contributed by atoms with Gasteiger partial charge in [-0.15, -0.1) is 0 Å². The molecular weight excluding hydrogens is 331 g/mol. The summed E-state index contributed by atoms with van der Waals surface area (Å²) in [6, 6.07) is -1.52. The summed E-state index contributed by atoms with van der Waals surface area (Å²) in [5, 5.41) is 5.26. The number of ether oxygens (including phenoxy) is 2. The predicted octanol–water partition coefficient (Wildman–Crippen LogP) is 2.84. The molecule has 0 aliphatic heterocycles. The van der Waals surface area contributed by atoms with Crippen LogP contribution in [0.15, 0.2) is 0 Å². The molecule has 0 aromatic heterocycles. The highest BCUT2D eigenvalue weighted by atomic mass is 31.2. The summed E-state index contributed by atoms with van der Waals surface area (Å²) in [5.41, 5.74) is 0. The molecule has 0 heterocycles. The molecule has 2 atom stereocenters. The van der Waals surface area contributed by atoms with E-state index in [2.05, 4.69) is 10.2 Å². The van der Waals surface area contributed by atoms with Crippen molar-refractivity contribution in [1.82, 2.24) is 10.2 Å². The molecule has 8 heteroatoms.